The van der Waals surface area contributed by atoms with Crippen LogP contribution in [0.2, 0.25) is 0 Å². The van der Waals surface area contributed by atoms with Crippen LogP contribution in [0.25, 0.3) is 10.9 Å². The van der Waals surface area contributed by atoms with Gasteiger partial charge in [-0.3, -0.25) is 14.5 Å². The molecular formula is C22H22N4O7. The summed E-state index contributed by atoms with van der Waals surface area (Å²) in [6, 6.07) is 3.37. The Balaban J connectivity index is 1.60. The minimum Gasteiger partial charge on any atom is -0.493 e. The highest BCUT2D eigenvalue weighted by Gasteiger charge is 2.35. The van der Waals surface area contributed by atoms with E-state index in [0.717, 1.165) is 17.1 Å². The summed E-state index contributed by atoms with van der Waals surface area (Å²) in [7, 11) is 3.08. The standard InChI is InChI=1S/C22H22N4O7/c1-12-10-26(22(29)33-12)16-9-17(27)15(7-18(16)28)25-21-13-6-19(31-3)20(32-5-4-30-2)8-14(13)23-11-24-21/h6-9,11-12H,4-5,10H2,1-3H3,(H,23,24,25). The Morgan fingerprint density at radius 2 is 1.91 bits per heavy atom. The van der Waals surface area contributed by atoms with E-state index in [1.54, 1.807) is 26.2 Å². The van der Waals surface area contributed by atoms with Gasteiger partial charge in [0.15, 0.2) is 11.5 Å². The molecule has 1 atom stereocenters. The van der Waals surface area contributed by atoms with Crippen LogP contribution in [0.3, 0.4) is 0 Å². The average Bonchev–Trinajstić information content (AvgIpc) is 3.13. The zero-order valence-electron chi connectivity index (χ0n) is 18.3. The molecule has 1 aromatic carbocycles. The highest BCUT2D eigenvalue weighted by molar-refractivity contribution is 6.21. The predicted molar refractivity (Wildman–Crippen MR) is 116 cm³/mol. The third kappa shape index (κ3) is 4.48. The first-order valence-electron chi connectivity index (χ1n) is 10.1. The number of ether oxygens (including phenoxy) is 4. The molecule has 0 saturated carbocycles. The first kappa shape index (κ1) is 22.2. The van der Waals surface area contributed by atoms with E-state index < -0.39 is 17.7 Å². The van der Waals surface area contributed by atoms with Gasteiger partial charge in [-0.05, 0) is 13.0 Å². The zero-order chi connectivity index (χ0) is 23.5. The van der Waals surface area contributed by atoms with E-state index in [1.807, 2.05) is 0 Å². The van der Waals surface area contributed by atoms with Gasteiger partial charge in [0, 0.05) is 30.7 Å². The minimum atomic E-state index is -0.655. The first-order chi connectivity index (χ1) is 15.9. The van der Waals surface area contributed by atoms with Gasteiger partial charge in [-0.15, -0.1) is 0 Å². The van der Waals surface area contributed by atoms with E-state index >= 15 is 0 Å². The van der Waals surface area contributed by atoms with Crippen molar-refractivity contribution < 1.29 is 33.3 Å². The Morgan fingerprint density at radius 3 is 2.61 bits per heavy atom. The fourth-order valence-corrected chi connectivity index (χ4v) is 3.46. The molecule has 11 nitrogen and oxygen atoms in total. The van der Waals surface area contributed by atoms with Crippen LogP contribution in [0.5, 0.6) is 11.5 Å². The minimum absolute atomic E-state index is 0.0174. The maximum Gasteiger partial charge on any atom is 0.414 e. The van der Waals surface area contributed by atoms with Gasteiger partial charge in [-0.25, -0.2) is 14.8 Å². The number of methoxy groups -OCH3 is 2. The third-order valence-electron chi connectivity index (χ3n) is 5.03. The van der Waals surface area contributed by atoms with Gasteiger partial charge in [-0.2, -0.15) is 0 Å². The predicted octanol–water partition coefficient (Wildman–Crippen LogP) is 1.84. The van der Waals surface area contributed by atoms with Crippen molar-refractivity contribution in [3.8, 4) is 11.5 Å². The number of cyclic esters (lactones) is 1. The van der Waals surface area contributed by atoms with Crippen LogP contribution in [0.15, 0.2) is 42.0 Å². The van der Waals surface area contributed by atoms with Gasteiger partial charge in [0.2, 0.25) is 11.6 Å². The van der Waals surface area contributed by atoms with E-state index in [0.29, 0.717) is 41.4 Å². The molecule has 0 radical (unpaired) electrons. The van der Waals surface area contributed by atoms with Crippen LogP contribution in [0.4, 0.5) is 10.6 Å². The summed E-state index contributed by atoms with van der Waals surface area (Å²) >= 11 is 0. The molecular weight excluding hydrogens is 432 g/mol. The van der Waals surface area contributed by atoms with Crippen molar-refractivity contribution in [3.63, 3.8) is 0 Å². The summed E-state index contributed by atoms with van der Waals surface area (Å²) in [4.78, 5) is 46.9. The number of anilines is 1. The van der Waals surface area contributed by atoms with E-state index in [4.69, 9.17) is 18.9 Å². The SMILES string of the molecule is COCCOc1cc2ncnc(NC3=CC(=O)C(N4CC(C)OC4=O)=CC3=O)c2cc1OC. The molecule has 33 heavy (non-hydrogen) atoms. The summed E-state index contributed by atoms with van der Waals surface area (Å²) in [5, 5.41) is 3.46. The molecule has 1 aliphatic carbocycles. The molecule has 1 aromatic heterocycles. The fourth-order valence-electron chi connectivity index (χ4n) is 3.46. The number of hydrogen-bond donors (Lipinski definition) is 1. The molecule has 1 fully saturated rings. The molecule has 1 saturated heterocycles. The largest absolute Gasteiger partial charge is 0.493 e. The van der Waals surface area contributed by atoms with E-state index in [1.165, 1.54) is 13.4 Å². The Morgan fingerprint density at radius 1 is 1.09 bits per heavy atom. The van der Waals surface area contributed by atoms with Gasteiger partial charge >= 0.3 is 6.09 Å². The molecule has 0 spiro atoms. The number of rotatable bonds is 8. The van der Waals surface area contributed by atoms with Gasteiger partial charge in [0.05, 0.1) is 37.2 Å². The number of nitrogens with one attached hydrogen (secondary N) is 1. The summed E-state index contributed by atoms with van der Waals surface area (Å²) in [5.41, 5.74) is 0.539. The number of benzene rings is 1. The van der Waals surface area contributed by atoms with Crippen molar-refractivity contribution in [2.75, 3.05) is 39.3 Å². The second-order valence-corrected chi connectivity index (χ2v) is 7.33. The molecule has 1 unspecified atom stereocenters. The number of nitrogens with zero attached hydrogens (tertiary/aromatic N) is 3. The topological polar surface area (TPSA) is 129 Å². The van der Waals surface area contributed by atoms with Crippen molar-refractivity contribution in [1.29, 1.82) is 0 Å². The van der Waals surface area contributed by atoms with Crippen LogP contribution >= 0.6 is 0 Å². The second-order valence-electron chi connectivity index (χ2n) is 7.33. The lowest BCUT2D eigenvalue weighted by atomic mass is 10.0. The number of ketones is 2. The zero-order valence-corrected chi connectivity index (χ0v) is 18.3. The Kier molecular flexibility index (Phi) is 6.22. The summed E-state index contributed by atoms with van der Waals surface area (Å²) < 4.78 is 21.1. The number of aromatic nitrogens is 2. The van der Waals surface area contributed by atoms with Crippen LogP contribution < -0.4 is 14.8 Å². The van der Waals surface area contributed by atoms with Crippen LogP contribution in [-0.4, -0.2) is 72.6 Å². The number of fused-ring (bicyclic) bond motifs is 1. The molecule has 4 rings (SSSR count). The fraction of sp³-hybridized carbons (Fsp3) is 0.318. The van der Waals surface area contributed by atoms with Gasteiger partial charge in [0.1, 0.15) is 24.9 Å². The van der Waals surface area contributed by atoms with Gasteiger partial charge in [0.25, 0.3) is 0 Å². The maximum atomic E-state index is 12.7. The molecule has 1 N–H and O–H groups in total. The number of amides is 1. The van der Waals surface area contributed by atoms with E-state index in [-0.39, 0.29) is 24.0 Å². The summed E-state index contributed by atoms with van der Waals surface area (Å²) in [6.07, 6.45) is 2.57. The first-order valence-corrected chi connectivity index (χ1v) is 10.1. The number of carbonyl (C=O) groups excluding carboxylic acids is 3. The monoisotopic (exact) mass is 454 g/mol. The maximum absolute atomic E-state index is 12.7. The molecule has 1 aliphatic heterocycles. The smallest absolute Gasteiger partial charge is 0.414 e. The van der Waals surface area contributed by atoms with E-state index in [9.17, 15) is 14.4 Å². The summed E-state index contributed by atoms with van der Waals surface area (Å²) in [5.74, 6) is 0.262. The second kappa shape index (κ2) is 9.25. The average molecular weight is 454 g/mol. The van der Waals surface area contributed by atoms with Crippen molar-refractivity contribution in [1.82, 2.24) is 14.9 Å². The number of hydrogen-bond acceptors (Lipinski definition) is 10. The Labute approximate surface area is 189 Å². The van der Waals surface area contributed by atoms with Crippen LogP contribution in [0.1, 0.15) is 6.92 Å². The Hall–Kier alpha value is -3.99. The highest BCUT2D eigenvalue weighted by Crippen LogP contribution is 2.34. The molecule has 1 amide bonds. The van der Waals surface area contributed by atoms with Gasteiger partial charge in [-0.1, -0.05) is 0 Å². The quantitative estimate of drug-likeness (QED) is 0.466. The van der Waals surface area contributed by atoms with Crippen molar-refractivity contribution >= 4 is 34.4 Å². The van der Waals surface area contributed by atoms with Crippen molar-refractivity contribution in [2.45, 2.75) is 13.0 Å². The highest BCUT2D eigenvalue weighted by atomic mass is 16.6. The van der Waals surface area contributed by atoms with Crippen molar-refractivity contribution in [3.05, 3.63) is 42.0 Å². The van der Waals surface area contributed by atoms with E-state index in [2.05, 4.69) is 15.3 Å². The lowest BCUT2D eigenvalue weighted by Gasteiger charge is -2.19. The number of carbonyl (C=O) groups is 3. The molecule has 11 heteroatoms. The lowest BCUT2D eigenvalue weighted by Crippen LogP contribution is -2.32. The van der Waals surface area contributed by atoms with Crippen molar-refractivity contribution in [2.24, 2.45) is 0 Å². The van der Waals surface area contributed by atoms with Crippen LogP contribution in [0, 0.1) is 0 Å². The molecule has 2 aliphatic rings. The summed E-state index contributed by atoms with van der Waals surface area (Å²) in [6.45, 7) is 2.64. The lowest BCUT2D eigenvalue weighted by molar-refractivity contribution is -0.115. The molecule has 2 heterocycles. The molecule has 0 bridgehead atoms. The third-order valence-corrected chi connectivity index (χ3v) is 5.03. The van der Waals surface area contributed by atoms with Gasteiger partial charge < -0.3 is 24.3 Å². The van der Waals surface area contributed by atoms with Crippen LogP contribution in [-0.2, 0) is 19.1 Å². The Bertz CT molecular complexity index is 1190. The number of allylic oxidation sites excluding steroid dienone is 2. The molecule has 2 aromatic rings. The normalized spacial score (nSPS) is 18.2. The molecule has 172 valence electrons.